The summed E-state index contributed by atoms with van der Waals surface area (Å²) in [6.07, 6.45) is 13.3. The fourth-order valence-corrected chi connectivity index (χ4v) is 2.88. The Bertz CT molecular complexity index is 227. The third-order valence-corrected chi connectivity index (χ3v) is 4.07. The lowest BCUT2D eigenvalue weighted by Gasteiger charge is -2.12. The number of hydrogen-bond acceptors (Lipinski definition) is 1. The van der Waals surface area contributed by atoms with E-state index in [1.807, 2.05) is 0 Å². The van der Waals surface area contributed by atoms with Crippen LogP contribution < -0.4 is 5.32 Å². The summed E-state index contributed by atoms with van der Waals surface area (Å²) in [5, 5.41) is 3.18. The Morgan fingerprint density at radius 3 is 2.33 bits per heavy atom. The fourth-order valence-electron chi connectivity index (χ4n) is 2.88. The first-order valence-corrected chi connectivity index (χ1v) is 8.01. The number of amides is 1. The normalized spacial score (nSPS) is 23.2. The molecule has 2 atom stereocenters. The van der Waals surface area contributed by atoms with E-state index >= 15 is 0 Å². The molecular formula is C16H31NO. The molecule has 0 saturated heterocycles. The summed E-state index contributed by atoms with van der Waals surface area (Å²) in [6.45, 7) is 4.52. The monoisotopic (exact) mass is 253 g/mol. The van der Waals surface area contributed by atoms with E-state index in [2.05, 4.69) is 19.2 Å². The predicted molar refractivity (Wildman–Crippen MR) is 77.6 cm³/mol. The van der Waals surface area contributed by atoms with Gasteiger partial charge in [0.25, 0.3) is 0 Å². The van der Waals surface area contributed by atoms with Crippen LogP contribution >= 0.6 is 0 Å². The Balaban J connectivity index is 1.90. The van der Waals surface area contributed by atoms with E-state index < -0.39 is 0 Å². The SMILES string of the molecule is CCCCCCCCCC(=O)NC1CCC(C)C1. The summed E-state index contributed by atoms with van der Waals surface area (Å²) in [5.41, 5.74) is 0. The molecule has 1 amide bonds. The van der Waals surface area contributed by atoms with Gasteiger partial charge in [-0.15, -0.1) is 0 Å². The Kier molecular flexibility index (Phi) is 8.11. The fraction of sp³-hybridized carbons (Fsp3) is 0.938. The van der Waals surface area contributed by atoms with Gasteiger partial charge < -0.3 is 5.32 Å². The van der Waals surface area contributed by atoms with Crippen LogP contribution in [0.15, 0.2) is 0 Å². The third-order valence-electron chi connectivity index (χ3n) is 4.07. The van der Waals surface area contributed by atoms with E-state index in [1.165, 1.54) is 57.8 Å². The highest BCUT2D eigenvalue weighted by atomic mass is 16.1. The summed E-state index contributed by atoms with van der Waals surface area (Å²) >= 11 is 0. The Morgan fingerprint density at radius 2 is 1.72 bits per heavy atom. The van der Waals surface area contributed by atoms with E-state index in [0.29, 0.717) is 6.04 Å². The predicted octanol–water partition coefficient (Wildman–Crippen LogP) is 4.43. The van der Waals surface area contributed by atoms with Gasteiger partial charge in [-0.05, 0) is 31.6 Å². The van der Waals surface area contributed by atoms with Gasteiger partial charge in [-0.3, -0.25) is 4.79 Å². The molecule has 0 spiro atoms. The zero-order valence-corrected chi connectivity index (χ0v) is 12.3. The summed E-state index contributed by atoms with van der Waals surface area (Å²) in [5.74, 6) is 1.08. The van der Waals surface area contributed by atoms with Crippen LogP contribution in [0.5, 0.6) is 0 Å². The minimum absolute atomic E-state index is 0.280. The van der Waals surface area contributed by atoms with Crippen LogP contribution in [-0.2, 0) is 4.79 Å². The molecule has 106 valence electrons. The highest BCUT2D eigenvalue weighted by molar-refractivity contribution is 5.76. The van der Waals surface area contributed by atoms with E-state index in [-0.39, 0.29) is 5.91 Å². The molecule has 1 aliphatic rings. The van der Waals surface area contributed by atoms with Crippen LogP contribution in [0.4, 0.5) is 0 Å². The topological polar surface area (TPSA) is 29.1 Å². The van der Waals surface area contributed by atoms with Gasteiger partial charge in [-0.25, -0.2) is 0 Å². The van der Waals surface area contributed by atoms with E-state index in [0.717, 1.165) is 18.8 Å². The van der Waals surface area contributed by atoms with Gasteiger partial charge in [0.05, 0.1) is 0 Å². The molecule has 0 aliphatic heterocycles. The van der Waals surface area contributed by atoms with Crippen LogP contribution in [0.3, 0.4) is 0 Å². The quantitative estimate of drug-likeness (QED) is 0.605. The number of carbonyl (C=O) groups excluding carboxylic acids is 1. The van der Waals surface area contributed by atoms with Crippen LogP contribution in [0.25, 0.3) is 0 Å². The van der Waals surface area contributed by atoms with Gasteiger partial charge in [0.2, 0.25) is 5.91 Å². The average Bonchev–Trinajstić information content (AvgIpc) is 2.73. The number of carbonyl (C=O) groups is 1. The van der Waals surface area contributed by atoms with Gasteiger partial charge in [0.15, 0.2) is 0 Å². The number of rotatable bonds is 9. The second-order valence-corrected chi connectivity index (χ2v) is 6.05. The van der Waals surface area contributed by atoms with Gasteiger partial charge in [-0.2, -0.15) is 0 Å². The van der Waals surface area contributed by atoms with Crippen molar-refractivity contribution < 1.29 is 4.79 Å². The Hall–Kier alpha value is -0.530. The molecule has 0 aromatic carbocycles. The van der Waals surface area contributed by atoms with Crippen LogP contribution in [0.2, 0.25) is 0 Å². The van der Waals surface area contributed by atoms with Crippen molar-refractivity contribution in [2.45, 2.75) is 90.5 Å². The molecule has 2 heteroatoms. The Morgan fingerprint density at radius 1 is 1.06 bits per heavy atom. The van der Waals surface area contributed by atoms with Gasteiger partial charge in [0, 0.05) is 12.5 Å². The van der Waals surface area contributed by atoms with Gasteiger partial charge >= 0.3 is 0 Å². The Labute approximate surface area is 113 Å². The molecule has 18 heavy (non-hydrogen) atoms. The molecule has 1 saturated carbocycles. The zero-order valence-electron chi connectivity index (χ0n) is 12.3. The molecule has 1 fully saturated rings. The van der Waals surface area contributed by atoms with Gasteiger partial charge in [-0.1, -0.05) is 52.4 Å². The van der Waals surface area contributed by atoms with Crippen molar-refractivity contribution in [3.8, 4) is 0 Å². The van der Waals surface area contributed by atoms with E-state index in [9.17, 15) is 4.79 Å². The lowest BCUT2D eigenvalue weighted by atomic mass is 10.1. The number of hydrogen-bond donors (Lipinski definition) is 1. The molecule has 2 nitrogen and oxygen atoms in total. The minimum atomic E-state index is 0.280. The molecule has 2 unspecified atom stereocenters. The van der Waals surface area contributed by atoms with Crippen molar-refractivity contribution in [3.63, 3.8) is 0 Å². The van der Waals surface area contributed by atoms with Crippen molar-refractivity contribution in [2.24, 2.45) is 5.92 Å². The van der Waals surface area contributed by atoms with Crippen LogP contribution in [0, 0.1) is 5.92 Å². The molecule has 0 radical (unpaired) electrons. The highest BCUT2D eigenvalue weighted by Gasteiger charge is 2.22. The van der Waals surface area contributed by atoms with Crippen molar-refractivity contribution >= 4 is 5.91 Å². The van der Waals surface area contributed by atoms with Crippen molar-refractivity contribution in [2.75, 3.05) is 0 Å². The average molecular weight is 253 g/mol. The first-order chi connectivity index (χ1) is 8.72. The number of nitrogens with one attached hydrogen (secondary N) is 1. The summed E-state index contributed by atoms with van der Waals surface area (Å²) in [4.78, 5) is 11.7. The molecular weight excluding hydrogens is 222 g/mol. The summed E-state index contributed by atoms with van der Waals surface area (Å²) in [6, 6.07) is 0.469. The minimum Gasteiger partial charge on any atom is -0.353 e. The van der Waals surface area contributed by atoms with Crippen molar-refractivity contribution in [3.05, 3.63) is 0 Å². The largest absolute Gasteiger partial charge is 0.353 e. The second kappa shape index (κ2) is 9.41. The van der Waals surface area contributed by atoms with E-state index in [4.69, 9.17) is 0 Å². The molecule has 1 rings (SSSR count). The van der Waals surface area contributed by atoms with Crippen molar-refractivity contribution in [1.82, 2.24) is 5.32 Å². The molecule has 0 aromatic rings. The maximum atomic E-state index is 11.7. The standard InChI is InChI=1S/C16H31NO/c1-3-4-5-6-7-8-9-10-16(18)17-15-12-11-14(2)13-15/h14-15H,3-13H2,1-2H3,(H,17,18). The lowest BCUT2D eigenvalue weighted by molar-refractivity contribution is -0.121. The molecule has 1 aliphatic carbocycles. The maximum absolute atomic E-state index is 11.7. The maximum Gasteiger partial charge on any atom is 0.220 e. The molecule has 0 heterocycles. The highest BCUT2D eigenvalue weighted by Crippen LogP contribution is 2.24. The zero-order chi connectivity index (χ0) is 13.2. The first kappa shape index (κ1) is 15.5. The molecule has 0 aromatic heterocycles. The van der Waals surface area contributed by atoms with Crippen molar-refractivity contribution in [1.29, 1.82) is 0 Å². The second-order valence-electron chi connectivity index (χ2n) is 6.05. The van der Waals surface area contributed by atoms with Gasteiger partial charge in [0.1, 0.15) is 0 Å². The molecule has 1 N–H and O–H groups in total. The number of unbranched alkanes of at least 4 members (excludes halogenated alkanes) is 6. The first-order valence-electron chi connectivity index (χ1n) is 8.01. The lowest BCUT2D eigenvalue weighted by Crippen LogP contribution is -2.32. The van der Waals surface area contributed by atoms with Crippen LogP contribution in [0.1, 0.15) is 84.5 Å². The third kappa shape index (κ3) is 7.03. The van der Waals surface area contributed by atoms with E-state index in [1.54, 1.807) is 0 Å². The summed E-state index contributed by atoms with van der Waals surface area (Å²) in [7, 11) is 0. The van der Waals surface area contributed by atoms with Crippen LogP contribution in [-0.4, -0.2) is 11.9 Å². The summed E-state index contributed by atoms with van der Waals surface area (Å²) < 4.78 is 0. The smallest absolute Gasteiger partial charge is 0.220 e. The molecule has 0 bridgehead atoms.